The maximum atomic E-state index is 12.6. The van der Waals surface area contributed by atoms with Crippen LogP contribution in [0.1, 0.15) is 33.1 Å². The largest absolute Gasteiger partial charge is 0.337 e. The number of fused-ring (bicyclic) bond motifs is 1. The van der Waals surface area contributed by atoms with Gasteiger partial charge in [0.15, 0.2) is 5.16 Å². The smallest absolute Gasteiger partial charge is 0.261 e. The molecule has 0 aliphatic carbocycles. The number of hydrogen-bond donors (Lipinski definition) is 0. The Hall–Kier alpha value is -1.82. The van der Waals surface area contributed by atoms with Gasteiger partial charge in [-0.3, -0.25) is 14.2 Å². The summed E-state index contributed by atoms with van der Waals surface area (Å²) in [5, 5.41) is 1.19. The van der Waals surface area contributed by atoms with Crippen LogP contribution in [0.15, 0.2) is 34.2 Å². The van der Waals surface area contributed by atoms with Crippen LogP contribution in [-0.2, 0) is 11.8 Å². The van der Waals surface area contributed by atoms with Crippen LogP contribution < -0.4 is 5.56 Å². The molecule has 0 saturated carbocycles. The van der Waals surface area contributed by atoms with Gasteiger partial charge in [-0.15, -0.1) is 0 Å². The maximum absolute atomic E-state index is 12.6. The molecule has 1 fully saturated rings. The Morgan fingerprint density at radius 2 is 1.92 bits per heavy atom. The third-order valence-corrected chi connectivity index (χ3v) is 5.76. The van der Waals surface area contributed by atoms with Crippen molar-refractivity contribution in [1.29, 1.82) is 0 Å². The maximum Gasteiger partial charge on any atom is 0.261 e. The predicted molar refractivity (Wildman–Crippen MR) is 97.3 cm³/mol. The summed E-state index contributed by atoms with van der Waals surface area (Å²) in [4.78, 5) is 31.6. The molecule has 1 aliphatic heterocycles. The molecular formula is C18H23N3O2S. The van der Waals surface area contributed by atoms with Crippen LogP contribution in [0.4, 0.5) is 0 Å². The monoisotopic (exact) mass is 345 g/mol. The molecule has 5 nitrogen and oxygen atoms in total. The third-order valence-electron chi connectivity index (χ3n) is 4.75. The van der Waals surface area contributed by atoms with Crippen molar-refractivity contribution in [2.75, 3.05) is 5.75 Å². The SMILES string of the molecule is C[C@@H]1CCC[C@@H](C)N1C(=O)CSc1nc2ccccc2c(=O)n1C. The van der Waals surface area contributed by atoms with Crippen molar-refractivity contribution >= 4 is 28.6 Å². The molecule has 0 unspecified atom stereocenters. The molecule has 3 rings (SSSR count). The van der Waals surface area contributed by atoms with Gasteiger partial charge >= 0.3 is 0 Å². The van der Waals surface area contributed by atoms with E-state index in [-0.39, 0.29) is 23.6 Å². The average molecular weight is 345 g/mol. The van der Waals surface area contributed by atoms with Crippen molar-refractivity contribution in [3.8, 4) is 0 Å². The van der Waals surface area contributed by atoms with E-state index in [0.717, 1.165) is 12.8 Å². The number of carbonyl (C=O) groups excluding carboxylic acids is 1. The Bertz CT molecular complexity index is 808. The van der Waals surface area contributed by atoms with E-state index in [1.54, 1.807) is 13.1 Å². The van der Waals surface area contributed by atoms with Crippen LogP contribution in [0.25, 0.3) is 10.9 Å². The number of hydrogen-bond acceptors (Lipinski definition) is 4. The van der Waals surface area contributed by atoms with Crippen LogP contribution in [0.5, 0.6) is 0 Å². The minimum absolute atomic E-state index is 0.0738. The van der Waals surface area contributed by atoms with E-state index in [4.69, 9.17) is 0 Å². The van der Waals surface area contributed by atoms with Crippen molar-refractivity contribution in [2.45, 2.75) is 50.4 Å². The predicted octanol–water partition coefficient (Wildman–Crippen LogP) is 2.82. The number of carbonyl (C=O) groups is 1. The van der Waals surface area contributed by atoms with Gasteiger partial charge in [-0.2, -0.15) is 0 Å². The lowest BCUT2D eigenvalue weighted by atomic mass is 9.98. The highest BCUT2D eigenvalue weighted by Crippen LogP contribution is 2.25. The van der Waals surface area contributed by atoms with Crippen molar-refractivity contribution in [1.82, 2.24) is 14.5 Å². The number of piperidine rings is 1. The topological polar surface area (TPSA) is 55.2 Å². The highest BCUT2D eigenvalue weighted by molar-refractivity contribution is 7.99. The average Bonchev–Trinajstić information content (AvgIpc) is 2.56. The molecule has 1 amide bonds. The first-order chi connectivity index (χ1) is 11.5. The Labute approximate surface area is 146 Å². The number of likely N-dealkylation sites (tertiary alicyclic amines) is 1. The second kappa shape index (κ2) is 6.97. The van der Waals surface area contributed by atoms with E-state index in [0.29, 0.717) is 21.8 Å². The zero-order valence-electron chi connectivity index (χ0n) is 14.4. The fourth-order valence-electron chi connectivity index (χ4n) is 3.44. The number of nitrogens with zero attached hydrogens (tertiary/aromatic N) is 3. The summed E-state index contributed by atoms with van der Waals surface area (Å²) in [7, 11) is 1.71. The third kappa shape index (κ3) is 3.20. The van der Waals surface area contributed by atoms with E-state index in [1.165, 1.54) is 22.7 Å². The van der Waals surface area contributed by atoms with Gasteiger partial charge in [0.1, 0.15) is 0 Å². The van der Waals surface area contributed by atoms with E-state index < -0.39 is 0 Å². The Kier molecular flexibility index (Phi) is 4.94. The molecule has 2 aromatic rings. The molecule has 0 spiro atoms. The summed E-state index contributed by atoms with van der Waals surface area (Å²) < 4.78 is 1.53. The number of benzene rings is 1. The summed E-state index contributed by atoms with van der Waals surface area (Å²) in [6.45, 7) is 4.23. The summed E-state index contributed by atoms with van der Waals surface area (Å²) in [5.41, 5.74) is 0.602. The van der Waals surface area contributed by atoms with Gasteiger partial charge in [0.05, 0.1) is 16.7 Å². The van der Waals surface area contributed by atoms with Crippen LogP contribution in [-0.4, -0.2) is 38.2 Å². The second-order valence-corrected chi connectivity index (χ2v) is 7.44. The molecular weight excluding hydrogens is 322 g/mol. The molecule has 1 aromatic heterocycles. The number of amides is 1. The van der Waals surface area contributed by atoms with E-state index >= 15 is 0 Å². The van der Waals surface area contributed by atoms with Gasteiger partial charge in [0.2, 0.25) is 5.91 Å². The molecule has 128 valence electrons. The van der Waals surface area contributed by atoms with Crippen LogP contribution in [0, 0.1) is 0 Å². The summed E-state index contributed by atoms with van der Waals surface area (Å²) >= 11 is 1.34. The number of rotatable bonds is 3. The summed E-state index contributed by atoms with van der Waals surface area (Å²) in [6.07, 6.45) is 3.31. The van der Waals surface area contributed by atoms with Crippen molar-refractivity contribution < 1.29 is 4.79 Å². The Morgan fingerprint density at radius 3 is 2.62 bits per heavy atom. The molecule has 2 heterocycles. The lowest BCUT2D eigenvalue weighted by Gasteiger charge is -2.39. The molecule has 0 N–H and O–H groups in total. The highest BCUT2D eigenvalue weighted by Gasteiger charge is 2.28. The Morgan fingerprint density at radius 1 is 1.25 bits per heavy atom. The van der Waals surface area contributed by atoms with Crippen molar-refractivity contribution in [2.24, 2.45) is 7.05 Å². The molecule has 0 radical (unpaired) electrons. The number of para-hydroxylation sites is 1. The van der Waals surface area contributed by atoms with Gasteiger partial charge in [-0.05, 0) is 45.2 Å². The van der Waals surface area contributed by atoms with Crippen molar-refractivity contribution in [3.05, 3.63) is 34.6 Å². The molecule has 1 saturated heterocycles. The Balaban J connectivity index is 1.79. The molecule has 1 aliphatic rings. The minimum atomic E-state index is -0.0738. The zero-order valence-corrected chi connectivity index (χ0v) is 15.2. The van der Waals surface area contributed by atoms with Crippen LogP contribution >= 0.6 is 11.8 Å². The van der Waals surface area contributed by atoms with Gasteiger partial charge in [-0.1, -0.05) is 23.9 Å². The van der Waals surface area contributed by atoms with E-state index in [2.05, 4.69) is 18.8 Å². The molecule has 0 bridgehead atoms. The van der Waals surface area contributed by atoms with Crippen LogP contribution in [0.2, 0.25) is 0 Å². The molecule has 6 heteroatoms. The van der Waals surface area contributed by atoms with Gasteiger partial charge in [-0.25, -0.2) is 4.98 Å². The highest BCUT2D eigenvalue weighted by atomic mass is 32.2. The van der Waals surface area contributed by atoms with Gasteiger partial charge in [0.25, 0.3) is 5.56 Å². The second-order valence-electron chi connectivity index (χ2n) is 6.49. The first-order valence-corrected chi connectivity index (χ1v) is 9.37. The first kappa shape index (κ1) is 17.0. The van der Waals surface area contributed by atoms with Crippen LogP contribution in [0.3, 0.4) is 0 Å². The minimum Gasteiger partial charge on any atom is -0.337 e. The quantitative estimate of drug-likeness (QED) is 0.634. The normalized spacial score (nSPS) is 21.2. The van der Waals surface area contributed by atoms with Crippen molar-refractivity contribution in [3.63, 3.8) is 0 Å². The zero-order chi connectivity index (χ0) is 17.3. The van der Waals surface area contributed by atoms with E-state index in [1.807, 2.05) is 23.1 Å². The molecule has 1 aromatic carbocycles. The summed E-state index contributed by atoms with van der Waals surface area (Å²) in [6, 6.07) is 7.89. The molecule has 2 atom stereocenters. The fourth-order valence-corrected chi connectivity index (χ4v) is 4.28. The van der Waals surface area contributed by atoms with Gasteiger partial charge in [0, 0.05) is 19.1 Å². The molecule has 24 heavy (non-hydrogen) atoms. The number of aromatic nitrogens is 2. The van der Waals surface area contributed by atoms with E-state index in [9.17, 15) is 9.59 Å². The first-order valence-electron chi connectivity index (χ1n) is 8.38. The summed E-state index contributed by atoms with van der Waals surface area (Å²) in [5.74, 6) is 0.440. The standard InChI is InChI=1S/C18H23N3O2S/c1-12-7-6-8-13(2)21(12)16(22)11-24-18-19-15-10-5-4-9-14(15)17(23)20(18)3/h4-5,9-10,12-13H,6-8,11H2,1-3H3/t12-,13-/m1/s1. The van der Waals surface area contributed by atoms with Gasteiger partial charge < -0.3 is 4.90 Å². The lowest BCUT2D eigenvalue weighted by molar-refractivity contribution is -0.134. The lowest BCUT2D eigenvalue weighted by Crippen LogP contribution is -2.48. The number of thioether (sulfide) groups is 1. The fraction of sp³-hybridized carbons (Fsp3) is 0.500.